The molecule has 0 bridgehead atoms. The van der Waals surface area contributed by atoms with E-state index in [1.54, 1.807) is 13.8 Å². The van der Waals surface area contributed by atoms with Crippen molar-refractivity contribution in [1.82, 2.24) is 10.6 Å². The van der Waals surface area contributed by atoms with E-state index in [-0.39, 0.29) is 11.9 Å². The second-order valence-electron chi connectivity index (χ2n) is 3.53. The van der Waals surface area contributed by atoms with Gasteiger partial charge in [0.05, 0.1) is 7.11 Å². The predicted octanol–water partition coefficient (Wildman–Crippen LogP) is -0.336. The minimum atomic E-state index is -0.715. The molecule has 1 amide bonds. The first-order valence-corrected chi connectivity index (χ1v) is 4.48. The first-order chi connectivity index (χ1) is 6.40. The largest absolute Gasteiger partial charge is 0.468 e. The molecule has 0 saturated carbocycles. The van der Waals surface area contributed by atoms with Crippen LogP contribution in [0.3, 0.4) is 0 Å². The van der Waals surface area contributed by atoms with E-state index in [1.807, 2.05) is 0 Å². The number of nitrogens with one attached hydrogen (secondary N) is 2. The number of amides is 1. The minimum Gasteiger partial charge on any atom is -0.468 e. The van der Waals surface area contributed by atoms with Gasteiger partial charge < -0.3 is 15.4 Å². The van der Waals surface area contributed by atoms with Crippen LogP contribution in [-0.2, 0) is 14.3 Å². The zero-order valence-corrected chi connectivity index (χ0v) is 9.14. The van der Waals surface area contributed by atoms with E-state index < -0.39 is 5.54 Å². The lowest BCUT2D eigenvalue weighted by Gasteiger charge is -2.23. The van der Waals surface area contributed by atoms with Gasteiger partial charge in [-0.2, -0.15) is 0 Å². The third kappa shape index (κ3) is 4.81. The zero-order chi connectivity index (χ0) is 11.2. The summed E-state index contributed by atoms with van der Waals surface area (Å²) in [4.78, 5) is 21.7. The van der Waals surface area contributed by atoms with Gasteiger partial charge in [-0.15, -0.1) is 0 Å². The Hall–Kier alpha value is -1.10. The van der Waals surface area contributed by atoms with Crippen molar-refractivity contribution in [2.45, 2.75) is 26.3 Å². The molecule has 82 valence electrons. The van der Waals surface area contributed by atoms with E-state index in [4.69, 9.17) is 0 Å². The summed E-state index contributed by atoms with van der Waals surface area (Å²) in [6.07, 6.45) is 0. The van der Waals surface area contributed by atoms with E-state index in [2.05, 4.69) is 15.4 Å². The Labute approximate surface area is 84.2 Å². The summed E-state index contributed by atoms with van der Waals surface area (Å²) in [6, 6.07) is 0. The minimum absolute atomic E-state index is 0.0809. The number of hydrogen-bond donors (Lipinski definition) is 2. The lowest BCUT2D eigenvalue weighted by atomic mass is 10.1. The first-order valence-electron chi connectivity index (χ1n) is 4.48. The van der Waals surface area contributed by atoms with Crippen molar-refractivity contribution in [3.8, 4) is 0 Å². The van der Waals surface area contributed by atoms with Gasteiger partial charge in [-0.1, -0.05) is 0 Å². The summed E-state index contributed by atoms with van der Waals surface area (Å²) in [6.45, 7) is 5.93. The van der Waals surface area contributed by atoms with Crippen LogP contribution in [0.2, 0.25) is 0 Å². The van der Waals surface area contributed by atoms with Gasteiger partial charge in [0.1, 0.15) is 5.54 Å². The SMILES string of the molecule is COC(=O)C(C)(C)NCCNC(C)=O. The van der Waals surface area contributed by atoms with Crippen molar-refractivity contribution in [2.24, 2.45) is 0 Å². The second kappa shape index (κ2) is 5.59. The molecule has 5 nitrogen and oxygen atoms in total. The summed E-state index contributed by atoms with van der Waals surface area (Å²) in [7, 11) is 1.35. The molecule has 0 unspecified atom stereocenters. The third-order valence-electron chi connectivity index (χ3n) is 1.76. The highest BCUT2D eigenvalue weighted by Gasteiger charge is 2.27. The van der Waals surface area contributed by atoms with Crippen molar-refractivity contribution < 1.29 is 14.3 Å². The molecule has 0 rings (SSSR count). The number of esters is 1. The normalized spacial score (nSPS) is 10.9. The highest BCUT2D eigenvalue weighted by atomic mass is 16.5. The maximum absolute atomic E-state index is 11.2. The topological polar surface area (TPSA) is 67.4 Å². The van der Waals surface area contributed by atoms with Gasteiger partial charge in [0.25, 0.3) is 0 Å². The van der Waals surface area contributed by atoms with E-state index in [0.29, 0.717) is 13.1 Å². The van der Waals surface area contributed by atoms with Crippen LogP contribution in [0.4, 0.5) is 0 Å². The molecule has 0 atom stereocenters. The zero-order valence-electron chi connectivity index (χ0n) is 9.14. The number of carbonyl (C=O) groups excluding carboxylic acids is 2. The van der Waals surface area contributed by atoms with E-state index in [0.717, 1.165) is 0 Å². The molecule has 0 spiro atoms. The molecule has 0 aromatic heterocycles. The van der Waals surface area contributed by atoms with Crippen molar-refractivity contribution in [2.75, 3.05) is 20.2 Å². The highest BCUT2D eigenvalue weighted by molar-refractivity contribution is 5.79. The Bertz CT molecular complexity index is 214. The molecular weight excluding hydrogens is 184 g/mol. The van der Waals surface area contributed by atoms with Crippen LogP contribution in [0.1, 0.15) is 20.8 Å². The van der Waals surface area contributed by atoms with E-state index in [9.17, 15) is 9.59 Å². The molecule has 0 aliphatic rings. The number of rotatable bonds is 5. The van der Waals surface area contributed by atoms with Gasteiger partial charge in [-0.25, -0.2) is 0 Å². The molecule has 0 fully saturated rings. The number of carbonyl (C=O) groups is 2. The smallest absolute Gasteiger partial charge is 0.325 e. The van der Waals surface area contributed by atoms with Gasteiger partial charge in [-0.3, -0.25) is 9.59 Å². The van der Waals surface area contributed by atoms with Crippen LogP contribution < -0.4 is 10.6 Å². The molecule has 0 aliphatic heterocycles. The van der Waals surface area contributed by atoms with Gasteiger partial charge in [0.15, 0.2) is 0 Å². The van der Waals surface area contributed by atoms with E-state index in [1.165, 1.54) is 14.0 Å². The van der Waals surface area contributed by atoms with Crippen molar-refractivity contribution >= 4 is 11.9 Å². The number of methoxy groups -OCH3 is 1. The second-order valence-corrected chi connectivity index (χ2v) is 3.53. The Morgan fingerprint density at radius 1 is 1.29 bits per heavy atom. The van der Waals surface area contributed by atoms with Gasteiger partial charge >= 0.3 is 5.97 Å². The summed E-state index contributed by atoms with van der Waals surface area (Å²) in [5.74, 6) is -0.400. The molecule has 0 aromatic carbocycles. The quantitative estimate of drug-likeness (QED) is 0.473. The van der Waals surface area contributed by atoms with Crippen molar-refractivity contribution in [3.63, 3.8) is 0 Å². The summed E-state index contributed by atoms with van der Waals surface area (Å²) < 4.78 is 4.60. The van der Waals surface area contributed by atoms with Gasteiger partial charge in [0.2, 0.25) is 5.91 Å². The fourth-order valence-electron chi connectivity index (χ4n) is 0.941. The average Bonchev–Trinajstić information content (AvgIpc) is 2.10. The molecule has 0 aromatic rings. The monoisotopic (exact) mass is 202 g/mol. The molecule has 2 N–H and O–H groups in total. The van der Waals surface area contributed by atoms with Crippen LogP contribution in [0.15, 0.2) is 0 Å². The van der Waals surface area contributed by atoms with Gasteiger partial charge in [-0.05, 0) is 13.8 Å². The number of ether oxygens (including phenoxy) is 1. The lowest BCUT2D eigenvalue weighted by Crippen LogP contribution is -2.49. The standard InChI is InChI=1S/C9H18N2O3/c1-7(12)10-5-6-11-9(2,3)8(13)14-4/h11H,5-6H2,1-4H3,(H,10,12). The fraction of sp³-hybridized carbons (Fsp3) is 0.778. The average molecular weight is 202 g/mol. The molecule has 14 heavy (non-hydrogen) atoms. The van der Waals surface area contributed by atoms with Crippen LogP contribution in [-0.4, -0.2) is 37.6 Å². The molecular formula is C9H18N2O3. The molecule has 0 aliphatic carbocycles. The molecule has 0 radical (unpaired) electrons. The molecule has 0 saturated heterocycles. The van der Waals surface area contributed by atoms with Gasteiger partial charge in [0, 0.05) is 20.0 Å². The first kappa shape index (κ1) is 12.9. The lowest BCUT2D eigenvalue weighted by molar-refractivity contribution is -0.147. The number of hydrogen-bond acceptors (Lipinski definition) is 4. The maximum atomic E-state index is 11.2. The Morgan fingerprint density at radius 3 is 2.29 bits per heavy atom. The Kier molecular flexibility index (Phi) is 5.15. The van der Waals surface area contributed by atoms with Crippen molar-refractivity contribution in [1.29, 1.82) is 0 Å². The predicted molar refractivity (Wildman–Crippen MR) is 52.8 cm³/mol. The van der Waals surface area contributed by atoms with Crippen LogP contribution >= 0.6 is 0 Å². The summed E-state index contributed by atoms with van der Waals surface area (Å²) in [5.41, 5.74) is -0.715. The Morgan fingerprint density at radius 2 is 1.86 bits per heavy atom. The van der Waals surface area contributed by atoms with Crippen LogP contribution in [0.5, 0.6) is 0 Å². The maximum Gasteiger partial charge on any atom is 0.325 e. The Balaban J connectivity index is 3.76. The third-order valence-corrected chi connectivity index (χ3v) is 1.76. The highest BCUT2D eigenvalue weighted by Crippen LogP contribution is 2.02. The summed E-state index contributed by atoms with van der Waals surface area (Å²) >= 11 is 0. The van der Waals surface area contributed by atoms with Crippen molar-refractivity contribution in [3.05, 3.63) is 0 Å². The van der Waals surface area contributed by atoms with Crippen LogP contribution in [0, 0.1) is 0 Å². The summed E-state index contributed by atoms with van der Waals surface area (Å²) in [5, 5.41) is 5.60. The molecule has 0 heterocycles. The van der Waals surface area contributed by atoms with E-state index >= 15 is 0 Å². The molecule has 5 heteroatoms. The van der Waals surface area contributed by atoms with Crippen LogP contribution in [0.25, 0.3) is 0 Å². The fourth-order valence-corrected chi connectivity index (χ4v) is 0.941.